The van der Waals surface area contributed by atoms with Crippen molar-refractivity contribution < 1.29 is 19.0 Å². The Morgan fingerprint density at radius 1 is 0.935 bits per heavy atom. The summed E-state index contributed by atoms with van der Waals surface area (Å²) in [6.07, 6.45) is 0.693. The summed E-state index contributed by atoms with van der Waals surface area (Å²) < 4.78 is 17.0. The van der Waals surface area contributed by atoms with Crippen molar-refractivity contribution in [3.63, 3.8) is 0 Å². The molecule has 8 nitrogen and oxygen atoms in total. The molecule has 1 heterocycles. The van der Waals surface area contributed by atoms with Crippen LogP contribution in [0.3, 0.4) is 0 Å². The van der Waals surface area contributed by atoms with Gasteiger partial charge in [-0.2, -0.15) is 5.10 Å². The molecule has 8 heteroatoms. The van der Waals surface area contributed by atoms with E-state index >= 15 is 0 Å². The number of aryl methyl sites for hydroxylation is 1. The number of benzene rings is 2. The van der Waals surface area contributed by atoms with Gasteiger partial charge in [-0.1, -0.05) is 12.1 Å². The number of ether oxygens (including phenoxy) is 3. The highest BCUT2D eigenvalue weighted by Gasteiger charge is 2.08. The molecular formula is C23H25N3O5. The van der Waals surface area contributed by atoms with E-state index in [1.165, 1.54) is 10.7 Å². The number of hydrogen-bond donors (Lipinski definition) is 1. The average molecular weight is 423 g/mol. The van der Waals surface area contributed by atoms with Gasteiger partial charge in [0.05, 0.1) is 27.0 Å². The molecule has 0 saturated heterocycles. The molecule has 31 heavy (non-hydrogen) atoms. The first-order chi connectivity index (χ1) is 15.0. The number of carbonyl (C=O) groups excluding carboxylic acids is 1. The van der Waals surface area contributed by atoms with Crippen LogP contribution in [-0.4, -0.2) is 37.0 Å². The van der Waals surface area contributed by atoms with Crippen LogP contribution < -0.4 is 25.1 Å². The zero-order valence-electron chi connectivity index (χ0n) is 17.8. The summed E-state index contributed by atoms with van der Waals surface area (Å²) in [6, 6.07) is 15.8. The molecule has 0 unspecified atom stereocenters. The number of methoxy groups -OCH3 is 3. The van der Waals surface area contributed by atoms with E-state index in [0.717, 1.165) is 5.56 Å². The molecule has 0 atom stereocenters. The topological polar surface area (TPSA) is 91.7 Å². The van der Waals surface area contributed by atoms with Crippen LogP contribution >= 0.6 is 0 Å². The van der Waals surface area contributed by atoms with Crippen molar-refractivity contribution in [1.82, 2.24) is 9.78 Å². The molecule has 0 aliphatic rings. The largest absolute Gasteiger partial charge is 0.497 e. The first-order valence-electron chi connectivity index (χ1n) is 9.78. The Bertz CT molecular complexity index is 1090. The maximum atomic E-state index is 12.3. The average Bonchev–Trinajstić information content (AvgIpc) is 2.80. The molecule has 3 aromatic rings. The summed E-state index contributed by atoms with van der Waals surface area (Å²) in [6.45, 7) is 0.325. The van der Waals surface area contributed by atoms with E-state index < -0.39 is 0 Å². The molecule has 0 fully saturated rings. The molecular weight excluding hydrogens is 398 g/mol. The summed E-state index contributed by atoms with van der Waals surface area (Å²) in [5.74, 6) is 1.70. The van der Waals surface area contributed by atoms with Gasteiger partial charge >= 0.3 is 0 Å². The number of nitrogens with one attached hydrogen (secondary N) is 1. The second-order valence-electron chi connectivity index (χ2n) is 6.76. The van der Waals surface area contributed by atoms with Gasteiger partial charge < -0.3 is 19.5 Å². The van der Waals surface area contributed by atoms with Crippen molar-refractivity contribution in [3.8, 4) is 28.5 Å². The quantitative estimate of drug-likeness (QED) is 0.568. The lowest BCUT2D eigenvalue weighted by atomic mass is 10.1. The minimum Gasteiger partial charge on any atom is -0.497 e. The third kappa shape index (κ3) is 5.85. The highest BCUT2D eigenvalue weighted by Crippen LogP contribution is 2.26. The molecule has 2 aromatic carbocycles. The van der Waals surface area contributed by atoms with E-state index in [2.05, 4.69) is 10.4 Å². The first-order valence-corrected chi connectivity index (χ1v) is 9.78. The first kappa shape index (κ1) is 21.9. The highest BCUT2D eigenvalue weighted by molar-refractivity contribution is 5.91. The lowest BCUT2D eigenvalue weighted by Crippen LogP contribution is -2.23. The fraction of sp³-hybridized carbons (Fsp3) is 0.261. The Balaban J connectivity index is 1.62. The Kier molecular flexibility index (Phi) is 7.26. The molecule has 0 aliphatic heterocycles. The van der Waals surface area contributed by atoms with Crippen LogP contribution in [0, 0.1) is 0 Å². The summed E-state index contributed by atoms with van der Waals surface area (Å²) in [5, 5.41) is 7.25. The van der Waals surface area contributed by atoms with Crippen LogP contribution in [0.1, 0.15) is 12.8 Å². The molecule has 162 valence electrons. The predicted molar refractivity (Wildman–Crippen MR) is 118 cm³/mol. The summed E-state index contributed by atoms with van der Waals surface area (Å²) in [5.41, 5.74) is 1.87. The monoisotopic (exact) mass is 423 g/mol. The minimum atomic E-state index is -0.218. The molecule has 1 aromatic heterocycles. The maximum Gasteiger partial charge on any atom is 0.266 e. The Hall–Kier alpha value is -3.81. The van der Waals surface area contributed by atoms with Gasteiger partial charge in [-0.15, -0.1) is 0 Å². The van der Waals surface area contributed by atoms with E-state index in [9.17, 15) is 9.59 Å². The van der Waals surface area contributed by atoms with Crippen molar-refractivity contribution in [2.75, 3.05) is 26.6 Å². The molecule has 0 spiro atoms. The molecule has 0 saturated carbocycles. The van der Waals surface area contributed by atoms with Crippen LogP contribution in [0.5, 0.6) is 17.2 Å². The number of rotatable bonds is 9. The van der Waals surface area contributed by atoms with E-state index in [0.29, 0.717) is 41.6 Å². The zero-order valence-corrected chi connectivity index (χ0v) is 17.8. The number of anilines is 1. The van der Waals surface area contributed by atoms with Crippen molar-refractivity contribution >= 4 is 11.6 Å². The van der Waals surface area contributed by atoms with Gasteiger partial charge in [0, 0.05) is 48.5 Å². The van der Waals surface area contributed by atoms with Gasteiger partial charge in [0.2, 0.25) is 5.91 Å². The zero-order chi connectivity index (χ0) is 22.2. The fourth-order valence-corrected chi connectivity index (χ4v) is 3.04. The van der Waals surface area contributed by atoms with Crippen LogP contribution in [0.15, 0.2) is 59.4 Å². The van der Waals surface area contributed by atoms with Gasteiger partial charge in [0.1, 0.15) is 17.2 Å². The third-order valence-electron chi connectivity index (χ3n) is 4.64. The van der Waals surface area contributed by atoms with Gasteiger partial charge in [-0.3, -0.25) is 9.59 Å². The standard InChI is InChI=1S/C23H25N3O5/c1-29-18-7-4-6-16(12-18)21-9-10-23(28)26(25-21)11-5-8-22(27)24-17-13-19(30-2)15-20(14-17)31-3/h4,6-7,9-10,12-15H,5,8,11H2,1-3H3,(H,24,27). The van der Waals surface area contributed by atoms with Crippen LogP contribution in [0.25, 0.3) is 11.3 Å². The highest BCUT2D eigenvalue weighted by atomic mass is 16.5. The van der Waals surface area contributed by atoms with Crippen molar-refractivity contribution in [1.29, 1.82) is 0 Å². The van der Waals surface area contributed by atoms with E-state index in [-0.39, 0.29) is 17.9 Å². The number of aromatic nitrogens is 2. The molecule has 1 amide bonds. The van der Waals surface area contributed by atoms with E-state index in [4.69, 9.17) is 14.2 Å². The number of hydrogen-bond acceptors (Lipinski definition) is 6. The molecule has 0 aliphatic carbocycles. The van der Waals surface area contributed by atoms with Crippen molar-refractivity contribution in [2.24, 2.45) is 0 Å². The van der Waals surface area contributed by atoms with Gasteiger partial charge in [-0.25, -0.2) is 4.68 Å². The van der Waals surface area contributed by atoms with Crippen LogP contribution in [0.2, 0.25) is 0 Å². The van der Waals surface area contributed by atoms with Gasteiger partial charge in [0.15, 0.2) is 0 Å². The maximum absolute atomic E-state index is 12.3. The Morgan fingerprint density at radius 2 is 1.65 bits per heavy atom. The SMILES string of the molecule is COc1cc(NC(=O)CCCn2nc(-c3cccc(OC)c3)ccc2=O)cc(OC)c1. The van der Waals surface area contributed by atoms with Gasteiger partial charge in [-0.05, 0) is 24.6 Å². The lowest BCUT2D eigenvalue weighted by Gasteiger charge is -2.10. The molecule has 0 bridgehead atoms. The van der Waals surface area contributed by atoms with Gasteiger partial charge in [0.25, 0.3) is 5.56 Å². The third-order valence-corrected chi connectivity index (χ3v) is 4.64. The number of carbonyl (C=O) groups is 1. The Morgan fingerprint density at radius 3 is 2.32 bits per heavy atom. The fourth-order valence-electron chi connectivity index (χ4n) is 3.04. The normalized spacial score (nSPS) is 10.4. The second-order valence-corrected chi connectivity index (χ2v) is 6.76. The number of amides is 1. The lowest BCUT2D eigenvalue weighted by molar-refractivity contribution is -0.116. The summed E-state index contributed by atoms with van der Waals surface area (Å²) in [4.78, 5) is 24.5. The smallest absolute Gasteiger partial charge is 0.266 e. The minimum absolute atomic E-state index is 0.174. The molecule has 1 N–H and O–H groups in total. The second kappa shape index (κ2) is 10.3. The van der Waals surface area contributed by atoms with Crippen molar-refractivity contribution in [3.05, 3.63) is 65.0 Å². The summed E-state index contributed by atoms with van der Waals surface area (Å²) >= 11 is 0. The van der Waals surface area contributed by atoms with E-state index in [1.54, 1.807) is 45.6 Å². The van der Waals surface area contributed by atoms with Crippen LogP contribution in [0.4, 0.5) is 5.69 Å². The van der Waals surface area contributed by atoms with Crippen LogP contribution in [-0.2, 0) is 11.3 Å². The summed E-state index contributed by atoms with van der Waals surface area (Å²) in [7, 11) is 4.69. The Labute approximate surface area is 180 Å². The molecule has 0 radical (unpaired) electrons. The molecule has 3 rings (SSSR count). The van der Waals surface area contributed by atoms with Crippen molar-refractivity contribution in [2.45, 2.75) is 19.4 Å². The van der Waals surface area contributed by atoms with E-state index in [1.807, 2.05) is 24.3 Å². The number of nitrogens with zero attached hydrogens (tertiary/aromatic N) is 2. The predicted octanol–water partition coefficient (Wildman–Crippen LogP) is 3.36.